The average Bonchev–Trinajstić information content (AvgIpc) is 2.21. The summed E-state index contributed by atoms with van der Waals surface area (Å²) in [5.74, 6) is -2.86. The van der Waals surface area contributed by atoms with Crippen molar-refractivity contribution < 1.29 is 13.5 Å². The summed E-state index contributed by atoms with van der Waals surface area (Å²) < 4.78 is 32.5. The van der Waals surface area contributed by atoms with Crippen molar-refractivity contribution in [2.75, 3.05) is 20.1 Å². The second-order valence-corrected chi connectivity index (χ2v) is 4.46. The summed E-state index contributed by atoms with van der Waals surface area (Å²) in [6.07, 6.45) is 1.67. The Morgan fingerprint density at radius 3 is 2.94 bits per heavy atom. The molecule has 17 heavy (non-hydrogen) atoms. The number of halogens is 3. The molecule has 0 amide bonds. The zero-order valence-electron chi connectivity index (χ0n) is 9.24. The number of nitrogens with zero attached hydrogens (tertiary/aromatic N) is 3. The lowest BCUT2D eigenvalue weighted by Crippen LogP contribution is -2.52. The van der Waals surface area contributed by atoms with Gasteiger partial charge in [0, 0.05) is 13.0 Å². The minimum Gasteiger partial charge on any atom is -0.467 e. The highest BCUT2D eigenvalue weighted by molar-refractivity contribution is 6.29. The fourth-order valence-electron chi connectivity index (χ4n) is 1.76. The maximum atomic E-state index is 13.7. The van der Waals surface area contributed by atoms with E-state index < -0.39 is 12.0 Å². The van der Waals surface area contributed by atoms with E-state index in [0.717, 1.165) is 0 Å². The Bertz CT molecular complexity index is 405. The predicted octanol–water partition coefficient (Wildman–Crippen LogP) is 1.85. The van der Waals surface area contributed by atoms with E-state index in [0.29, 0.717) is 6.54 Å². The zero-order valence-corrected chi connectivity index (χ0v) is 9.99. The van der Waals surface area contributed by atoms with Gasteiger partial charge >= 0.3 is 0 Å². The van der Waals surface area contributed by atoms with Gasteiger partial charge in [0.05, 0.1) is 18.9 Å². The van der Waals surface area contributed by atoms with Crippen LogP contribution >= 0.6 is 11.6 Å². The van der Waals surface area contributed by atoms with Crippen LogP contribution in [0.15, 0.2) is 12.4 Å². The highest BCUT2D eigenvalue weighted by Gasteiger charge is 2.45. The summed E-state index contributed by atoms with van der Waals surface area (Å²) in [5.41, 5.74) is 0. The third-order valence-electron chi connectivity index (χ3n) is 2.57. The molecule has 1 atom stereocenters. The number of rotatable bonds is 2. The van der Waals surface area contributed by atoms with Crippen molar-refractivity contribution >= 4 is 11.6 Å². The number of likely N-dealkylation sites (tertiary alicyclic amines) is 1. The SMILES string of the molecule is CN1CCC(Oc2cncc(Cl)n2)C(F)(F)C1. The largest absolute Gasteiger partial charge is 0.467 e. The van der Waals surface area contributed by atoms with Crippen LogP contribution < -0.4 is 4.74 Å². The van der Waals surface area contributed by atoms with E-state index in [1.807, 2.05) is 0 Å². The number of hydrogen-bond acceptors (Lipinski definition) is 4. The van der Waals surface area contributed by atoms with Gasteiger partial charge in [-0.15, -0.1) is 0 Å². The van der Waals surface area contributed by atoms with Gasteiger partial charge in [-0.3, -0.25) is 4.98 Å². The summed E-state index contributed by atoms with van der Waals surface area (Å²) in [6, 6.07) is 0. The fourth-order valence-corrected chi connectivity index (χ4v) is 1.90. The first kappa shape index (κ1) is 12.4. The monoisotopic (exact) mass is 263 g/mol. The van der Waals surface area contributed by atoms with Crippen molar-refractivity contribution in [2.45, 2.75) is 18.4 Å². The highest BCUT2D eigenvalue weighted by Crippen LogP contribution is 2.29. The van der Waals surface area contributed by atoms with Crippen molar-refractivity contribution in [1.29, 1.82) is 0 Å². The molecule has 4 nitrogen and oxygen atoms in total. The van der Waals surface area contributed by atoms with Crippen molar-refractivity contribution in [3.05, 3.63) is 17.5 Å². The topological polar surface area (TPSA) is 38.2 Å². The second-order valence-electron chi connectivity index (χ2n) is 4.07. The van der Waals surface area contributed by atoms with Crippen LogP contribution in [0, 0.1) is 0 Å². The number of ether oxygens (including phenoxy) is 1. The van der Waals surface area contributed by atoms with Crippen LogP contribution in [0.25, 0.3) is 0 Å². The third-order valence-corrected chi connectivity index (χ3v) is 2.75. The van der Waals surface area contributed by atoms with E-state index in [2.05, 4.69) is 9.97 Å². The standard InChI is InChI=1S/C10H12ClF2N3O/c1-16-3-2-7(10(12,13)6-16)17-9-5-14-4-8(11)15-9/h4-5,7H,2-3,6H2,1H3. The smallest absolute Gasteiger partial charge is 0.296 e. The molecule has 0 radical (unpaired) electrons. The van der Waals surface area contributed by atoms with Gasteiger partial charge in [0.1, 0.15) is 0 Å². The molecule has 0 aromatic carbocycles. The molecule has 1 aliphatic rings. The van der Waals surface area contributed by atoms with Crippen molar-refractivity contribution in [3.8, 4) is 5.88 Å². The van der Waals surface area contributed by atoms with Gasteiger partial charge < -0.3 is 9.64 Å². The molecule has 1 unspecified atom stereocenters. The van der Waals surface area contributed by atoms with Crippen molar-refractivity contribution in [3.63, 3.8) is 0 Å². The molecule has 1 aliphatic heterocycles. The van der Waals surface area contributed by atoms with Crippen LogP contribution in [-0.4, -0.2) is 47.0 Å². The Labute approximate surface area is 103 Å². The Morgan fingerprint density at radius 2 is 2.29 bits per heavy atom. The molecule has 0 bridgehead atoms. The Kier molecular flexibility index (Phi) is 3.44. The van der Waals surface area contributed by atoms with Gasteiger partial charge in [-0.2, -0.15) is 4.98 Å². The molecule has 94 valence electrons. The van der Waals surface area contributed by atoms with E-state index in [-0.39, 0.29) is 24.0 Å². The number of alkyl halides is 2. The number of piperidine rings is 1. The molecule has 0 saturated carbocycles. The zero-order chi connectivity index (χ0) is 12.5. The molecule has 1 aromatic heterocycles. The summed E-state index contributed by atoms with van der Waals surface area (Å²) in [7, 11) is 1.66. The van der Waals surface area contributed by atoms with Gasteiger partial charge in [-0.1, -0.05) is 11.6 Å². The molecule has 2 rings (SSSR count). The van der Waals surface area contributed by atoms with Crippen LogP contribution in [0.3, 0.4) is 0 Å². The third kappa shape index (κ3) is 3.01. The van der Waals surface area contributed by atoms with Crippen LogP contribution in [0.1, 0.15) is 6.42 Å². The van der Waals surface area contributed by atoms with Crippen molar-refractivity contribution in [2.24, 2.45) is 0 Å². The normalized spacial score (nSPS) is 24.6. The molecule has 1 aromatic rings. The molecule has 1 fully saturated rings. The summed E-state index contributed by atoms with van der Waals surface area (Å²) in [4.78, 5) is 9.10. The van der Waals surface area contributed by atoms with Crippen LogP contribution in [0.2, 0.25) is 5.15 Å². The lowest BCUT2D eigenvalue weighted by atomic mass is 10.0. The summed E-state index contributed by atoms with van der Waals surface area (Å²) in [6.45, 7) is 0.250. The maximum absolute atomic E-state index is 13.7. The average molecular weight is 264 g/mol. The molecule has 0 N–H and O–H groups in total. The maximum Gasteiger partial charge on any atom is 0.296 e. The van der Waals surface area contributed by atoms with Gasteiger partial charge in [-0.05, 0) is 7.05 Å². The summed E-state index contributed by atoms with van der Waals surface area (Å²) in [5, 5.41) is 0.124. The first-order valence-electron chi connectivity index (χ1n) is 5.18. The summed E-state index contributed by atoms with van der Waals surface area (Å²) >= 11 is 5.61. The minimum absolute atomic E-state index is 0.0340. The molecule has 0 aliphatic carbocycles. The highest BCUT2D eigenvalue weighted by atomic mass is 35.5. The van der Waals surface area contributed by atoms with E-state index in [4.69, 9.17) is 16.3 Å². The fraction of sp³-hybridized carbons (Fsp3) is 0.600. The van der Waals surface area contributed by atoms with E-state index >= 15 is 0 Å². The van der Waals surface area contributed by atoms with E-state index in [1.165, 1.54) is 12.4 Å². The van der Waals surface area contributed by atoms with Gasteiger partial charge in [0.2, 0.25) is 5.88 Å². The van der Waals surface area contributed by atoms with Gasteiger partial charge in [-0.25, -0.2) is 8.78 Å². The molecule has 0 spiro atoms. The second kappa shape index (κ2) is 4.70. The first-order valence-corrected chi connectivity index (χ1v) is 5.56. The minimum atomic E-state index is -2.89. The van der Waals surface area contributed by atoms with Crippen LogP contribution in [0.5, 0.6) is 5.88 Å². The molecule has 7 heteroatoms. The Morgan fingerprint density at radius 1 is 1.53 bits per heavy atom. The number of aromatic nitrogens is 2. The number of hydrogen-bond donors (Lipinski definition) is 0. The molecule has 2 heterocycles. The first-order chi connectivity index (χ1) is 7.97. The van der Waals surface area contributed by atoms with E-state index in [1.54, 1.807) is 11.9 Å². The lowest BCUT2D eigenvalue weighted by Gasteiger charge is -2.35. The lowest BCUT2D eigenvalue weighted by molar-refractivity contribution is -0.136. The van der Waals surface area contributed by atoms with Gasteiger partial charge in [0.15, 0.2) is 11.3 Å². The van der Waals surface area contributed by atoms with Crippen molar-refractivity contribution in [1.82, 2.24) is 14.9 Å². The quantitative estimate of drug-likeness (QED) is 0.816. The van der Waals surface area contributed by atoms with Crippen LogP contribution in [0.4, 0.5) is 8.78 Å². The van der Waals surface area contributed by atoms with E-state index in [9.17, 15) is 8.78 Å². The van der Waals surface area contributed by atoms with Crippen LogP contribution in [-0.2, 0) is 0 Å². The molecule has 1 saturated heterocycles. The Hall–Kier alpha value is -1.01. The molecular weight excluding hydrogens is 252 g/mol. The van der Waals surface area contributed by atoms with Gasteiger partial charge in [0.25, 0.3) is 5.92 Å². The molecular formula is C10H12ClF2N3O. The predicted molar refractivity (Wildman–Crippen MR) is 58.5 cm³/mol. The Balaban J connectivity index is 2.08.